The Morgan fingerprint density at radius 1 is 1.08 bits per heavy atom. The second-order valence-electron chi connectivity index (χ2n) is 6.37. The molecular formula is C20H19N3O. The van der Waals surface area contributed by atoms with Crippen LogP contribution in [-0.4, -0.2) is 33.9 Å². The van der Waals surface area contributed by atoms with Crippen molar-refractivity contribution >= 4 is 16.7 Å². The first-order chi connectivity index (χ1) is 11.8. The molecule has 1 aliphatic heterocycles. The standard InChI is InChI=1S/C20H19N3O/c24-20(16-5-8-21-9-6-16)23-10-7-15(14-23)11-18-13-22-12-17-3-1-2-4-19(17)18/h1-6,8-9,12-13,15H,7,10-11,14H2/t15-/m1/s1. The van der Waals surface area contributed by atoms with E-state index in [4.69, 9.17) is 0 Å². The van der Waals surface area contributed by atoms with E-state index in [1.54, 1.807) is 24.5 Å². The van der Waals surface area contributed by atoms with Gasteiger partial charge in [-0.05, 0) is 41.8 Å². The Labute approximate surface area is 141 Å². The van der Waals surface area contributed by atoms with Crippen LogP contribution in [0.15, 0.2) is 61.2 Å². The van der Waals surface area contributed by atoms with E-state index in [1.165, 1.54) is 16.3 Å². The average molecular weight is 317 g/mol. The summed E-state index contributed by atoms with van der Waals surface area (Å²) in [4.78, 5) is 22.8. The van der Waals surface area contributed by atoms with Gasteiger partial charge in [0.15, 0.2) is 0 Å². The van der Waals surface area contributed by atoms with Crippen molar-refractivity contribution in [1.82, 2.24) is 14.9 Å². The number of amides is 1. The van der Waals surface area contributed by atoms with Crippen molar-refractivity contribution in [3.8, 4) is 0 Å². The lowest BCUT2D eigenvalue weighted by atomic mass is 9.96. The molecule has 120 valence electrons. The van der Waals surface area contributed by atoms with Gasteiger partial charge in [0, 0.05) is 48.8 Å². The molecule has 1 saturated heterocycles. The van der Waals surface area contributed by atoms with Crippen LogP contribution >= 0.6 is 0 Å². The van der Waals surface area contributed by atoms with Crippen LogP contribution in [0.25, 0.3) is 10.8 Å². The van der Waals surface area contributed by atoms with E-state index >= 15 is 0 Å². The first kappa shape index (κ1) is 14.8. The minimum atomic E-state index is 0.107. The molecule has 0 radical (unpaired) electrons. The maximum absolute atomic E-state index is 12.5. The van der Waals surface area contributed by atoms with Crippen LogP contribution in [0.5, 0.6) is 0 Å². The van der Waals surface area contributed by atoms with Crippen molar-refractivity contribution in [3.63, 3.8) is 0 Å². The van der Waals surface area contributed by atoms with Crippen LogP contribution in [0.2, 0.25) is 0 Å². The summed E-state index contributed by atoms with van der Waals surface area (Å²) in [6.45, 7) is 1.63. The van der Waals surface area contributed by atoms with Crippen molar-refractivity contribution in [3.05, 3.63) is 72.3 Å². The topological polar surface area (TPSA) is 46.1 Å². The van der Waals surface area contributed by atoms with E-state index in [-0.39, 0.29) is 5.91 Å². The van der Waals surface area contributed by atoms with Gasteiger partial charge in [-0.2, -0.15) is 0 Å². The lowest BCUT2D eigenvalue weighted by molar-refractivity contribution is 0.0787. The zero-order chi connectivity index (χ0) is 16.4. The summed E-state index contributed by atoms with van der Waals surface area (Å²) < 4.78 is 0. The van der Waals surface area contributed by atoms with Gasteiger partial charge in [-0.15, -0.1) is 0 Å². The van der Waals surface area contributed by atoms with E-state index in [2.05, 4.69) is 28.2 Å². The molecule has 0 bridgehead atoms. The molecule has 0 unspecified atom stereocenters. The predicted octanol–water partition coefficient (Wildman–Crippen LogP) is 3.33. The smallest absolute Gasteiger partial charge is 0.253 e. The summed E-state index contributed by atoms with van der Waals surface area (Å²) in [5.41, 5.74) is 1.99. The van der Waals surface area contributed by atoms with Crippen molar-refractivity contribution in [2.24, 2.45) is 5.92 Å². The molecule has 4 nitrogen and oxygen atoms in total. The van der Waals surface area contributed by atoms with Gasteiger partial charge in [0.2, 0.25) is 0 Å². The molecule has 1 atom stereocenters. The largest absolute Gasteiger partial charge is 0.338 e. The molecule has 3 heterocycles. The molecule has 1 aliphatic rings. The highest BCUT2D eigenvalue weighted by Crippen LogP contribution is 2.25. The number of carbonyl (C=O) groups excluding carboxylic acids is 1. The third kappa shape index (κ3) is 2.87. The molecule has 0 spiro atoms. The van der Waals surface area contributed by atoms with Gasteiger partial charge in [-0.1, -0.05) is 24.3 Å². The summed E-state index contributed by atoms with van der Waals surface area (Å²) in [7, 11) is 0. The van der Waals surface area contributed by atoms with E-state index in [9.17, 15) is 4.79 Å². The van der Waals surface area contributed by atoms with Crippen LogP contribution in [0.1, 0.15) is 22.3 Å². The fourth-order valence-electron chi connectivity index (χ4n) is 3.51. The van der Waals surface area contributed by atoms with Gasteiger partial charge >= 0.3 is 0 Å². The van der Waals surface area contributed by atoms with Crippen molar-refractivity contribution in [2.45, 2.75) is 12.8 Å². The lowest BCUT2D eigenvalue weighted by Gasteiger charge is -2.17. The Bertz CT molecular complexity index is 858. The lowest BCUT2D eigenvalue weighted by Crippen LogP contribution is -2.28. The van der Waals surface area contributed by atoms with Gasteiger partial charge in [0.1, 0.15) is 0 Å². The van der Waals surface area contributed by atoms with E-state index in [1.807, 2.05) is 23.4 Å². The summed E-state index contributed by atoms with van der Waals surface area (Å²) in [5.74, 6) is 0.597. The minimum Gasteiger partial charge on any atom is -0.338 e. The number of pyridine rings is 2. The SMILES string of the molecule is O=C(c1ccncc1)N1CC[C@H](Cc2cncc3ccccc23)C1. The number of nitrogens with zero attached hydrogens (tertiary/aromatic N) is 3. The Balaban J connectivity index is 1.48. The molecule has 3 aromatic rings. The number of likely N-dealkylation sites (tertiary alicyclic amines) is 1. The van der Waals surface area contributed by atoms with Gasteiger partial charge < -0.3 is 4.90 Å². The number of benzene rings is 1. The fourth-order valence-corrected chi connectivity index (χ4v) is 3.51. The molecule has 0 saturated carbocycles. The highest BCUT2D eigenvalue weighted by Gasteiger charge is 2.27. The molecule has 1 fully saturated rings. The first-order valence-corrected chi connectivity index (χ1v) is 8.32. The Morgan fingerprint density at radius 3 is 2.79 bits per heavy atom. The maximum atomic E-state index is 12.5. The molecule has 0 N–H and O–H groups in total. The number of fused-ring (bicyclic) bond motifs is 1. The summed E-state index contributed by atoms with van der Waals surface area (Å²) >= 11 is 0. The average Bonchev–Trinajstić information content (AvgIpc) is 3.11. The molecule has 1 amide bonds. The van der Waals surface area contributed by atoms with Gasteiger partial charge in [-0.3, -0.25) is 14.8 Å². The zero-order valence-electron chi connectivity index (χ0n) is 13.4. The normalized spacial score (nSPS) is 17.3. The van der Waals surface area contributed by atoms with Crippen LogP contribution < -0.4 is 0 Å². The summed E-state index contributed by atoms with van der Waals surface area (Å²) in [5, 5.41) is 2.45. The quantitative estimate of drug-likeness (QED) is 0.744. The predicted molar refractivity (Wildman–Crippen MR) is 93.7 cm³/mol. The highest BCUT2D eigenvalue weighted by atomic mass is 16.2. The molecule has 4 heteroatoms. The second-order valence-corrected chi connectivity index (χ2v) is 6.37. The highest BCUT2D eigenvalue weighted by molar-refractivity contribution is 5.94. The van der Waals surface area contributed by atoms with Crippen LogP contribution in [0.4, 0.5) is 0 Å². The van der Waals surface area contributed by atoms with Crippen molar-refractivity contribution in [2.75, 3.05) is 13.1 Å². The number of aromatic nitrogens is 2. The van der Waals surface area contributed by atoms with Gasteiger partial charge in [-0.25, -0.2) is 0 Å². The fraction of sp³-hybridized carbons (Fsp3) is 0.250. The molecule has 0 aliphatic carbocycles. The molecule has 24 heavy (non-hydrogen) atoms. The van der Waals surface area contributed by atoms with Crippen molar-refractivity contribution < 1.29 is 4.79 Å². The molecule has 1 aromatic carbocycles. The summed E-state index contributed by atoms with van der Waals surface area (Å²) in [6, 6.07) is 11.9. The van der Waals surface area contributed by atoms with Crippen LogP contribution in [0.3, 0.4) is 0 Å². The number of rotatable bonds is 3. The number of carbonyl (C=O) groups is 1. The van der Waals surface area contributed by atoms with Gasteiger partial charge in [0.25, 0.3) is 5.91 Å². The van der Waals surface area contributed by atoms with E-state index < -0.39 is 0 Å². The first-order valence-electron chi connectivity index (χ1n) is 8.32. The third-order valence-corrected chi connectivity index (χ3v) is 4.76. The van der Waals surface area contributed by atoms with E-state index in [0.717, 1.165) is 31.5 Å². The van der Waals surface area contributed by atoms with Gasteiger partial charge in [0.05, 0.1) is 0 Å². The minimum absolute atomic E-state index is 0.107. The third-order valence-electron chi connectivity index (χ3n) is 4.76. The van der Waals surface area contributed by atoms with Crippen LogP contribution in [-0.2, 0) is 6.42 Å². The number of hydrogen-bond donors (Lipinski definition) is 0. The zero-order valence-corrected chi connectivity index (χ0v) is 13.4. The maximum Gasteiger partial charge on any atom is 0.253 e. The Kier molecular flexibility index (Phi) is 3.95. The monoisotopic (exact) mass is 317 g/mol. The molecule has 2 aromatic heterocycles. The Hall–Kier alpha value is -2.75. The number of hydrogen-bond acceptors (Lipinski definition) is 3. The second kappa shape index (κ2) is 6.40. The van der Waals surface area contributed by atoms with Crippen LogP contribution in [0, 0.1) is 5.92 Å². The van der Waals surface area contributed by atoms with Crippen molar-refractivity contribution in [1.29, 1.82) is 0 Å². The molecular weight excluding hydrogens is 298 g/mol. The van der Waals surface area contributed by atoms with E-state index in [0.29, 0.717) is 5.92 Å². The Morgan fingerprint density at radius 2 is 1.92 bits per heavy atom. The summed E-state index contributed by atoms with van der Waals surface area (Å²) in [6.07, 6.45) is 9.22. The molecule has 4 rings (SSSR count).